The second kappa shape index (κ2) is 9.75. The largest absolute Gasteiger partial charge is 0.375 e. The highest BCUT2D eigenvalue weighted by molar-refractivity contribution is 6.31. The van der Waals surface area contributed by atoms with Crippen molar-refractivity contribution in [3.05, 3.63) is 58.6 Å². The van der Waals surface area contributed by atoms with E-state index in [4.69, 9.17) is 17.3 Å². The van der Waals surface area contributed by atoms with Crippen LogP contribution in [-0.2, 0) is 4.79 Å². The van der Waals surface area contributed by atoms with Gasteiger partial charge in [0.05, 0.1) is 12.1 Å². The van der Waals surface area contributed by atoms with Gasteiger partial charge in [-0.05, 0) is 56.3 Å². The van der Waals surface area contributed by atoms with E-state index in [2.05, 4.69) is 10.6 Å². The van der Waals surface area contributed by atoms with Crippen molar-refractivity contribution in [2.75, 3.05) is 30.3 Å². The Hall–Kier alpha value is -3.06. The summed E-state index contributed by atoms with van der Waals surface area (Å²) < 4.78 is 0. The fourth-order valence-electron chi connectivity index (χ4n) is 2.64. The van der Waals surface area contributed by atoms with Gasteiger partial charge in [0.15, 0.2) is 0 Å². The lowest BCUT2D eigenvalue weighted by atomic mass is 10.1. The summed E-state index contributed by atoms with van der Waals surface area (Å²) in [4.78, 5) is 37.7. The Balaban J connectivity index is 1.97. The van der Waals surface area contributed by atoms with E-state index in [0.29, 0.717) is 35.1 Å². The zero-order chi connectivity index (χ0) is 20.7. The van der Waals surface area contributed by atoms with Crippen molar-refractivity contribution in [3.8, 4) is 0 Å². The number of rotatable bonds is 8. The van der Waals surface area contributed by atoms with Crippen molar-refractivity contribution >= 4 is 40.7 Å². The van der Waals surface area contributed by atoms with Crippen LogP contribution in [0.4, 0.5) is 11.4 Å². The summed E-state index contributed by atoms with van der Waals surface area (Å²) in [6, 6.07) is 11.3. The lowest BCUT2D eigenvalue weighted by Gasteiger charge is -2.18. The number of amides is 3. The Morgan fingerprint density at radius 1 is 1.04 bits per heavy atom. The molecule has 0 heterocycles. The van der Waals surface area contributed by atoms with Gasteiger partial charge in [-0.15, -0.1) is 0 Å². The maximum Gasteiger partial charge on any atom is 0.253 e. The molecule has 2 aromatic carbocycles. The number of benzene rings is 2. The van der Waals surface area contributed by atoms with Crippen LogP contribution >= 0.6 is 11.6 Å². The van der Waals surface area contributed by atoms with Crippen molar-refractivity contribution < 1.29 is 14.4 Å². The van der Waals surface area contributed by atoms with Gasteiger partial charge < -0.3 is 21.3 Å². The van der Waals surface area contributed by atoms with E-state index in [9.17, 15) is 14.4 Å². The molecular formula is C20H23ClN4O3. The predicted octanol–water partition coefficient (Wildman–Crippen LogP) is 2.97. The molecule has 0 aromatic heterocycles. The molecule has 0 atom stereocenters. The molecule has 0 aliphatic carbocycles. The molecule has 3 amide bonds. The number of nitrogens with one attached hydrogen (secondary N) is 2. The molecule has 0 saturated heterocycles. The molecule has 7 nitrogen and oxygen atoms in total. The topological polar surface area (TPSA) is 105 Å². The maximum absolute atomic E-state index is 12.3. The van der Waals surface area contributed by atoms with Crippen molar-refractivity contribution in [3.63, 3.8) is 0 Å². The second-order valence-electron chi connectivity index (χ2n) is 6.01. The monoisotopic (exact) mass is 402 g/mol. The molecule has 0 spiro atoms. The highest BCUT2D eigenvalue weighted by atomic mass is 35.5. The van der Waals surface area contributed by atoms with Crippen LogP contribution in [0.1, 0.15) is 34.6 Å². The van der Waals surface area contributed by atoms with E-state index in [1.807, 2.05) is 13.8 Å². The third kappa shape index (κ3) is 5.47. The zero-order valence-corrected chi connectivity index (χ0v) is 16.5. The molecule has 148 valence electrons. The summed E-state index contributed by atoms with van der Waals surface area (Å²) in [5.74, 6) is -1.00. The predicted molar refractivity (Wildman–Crippen MR) is 111 cm³/mol. The highest BCUT2D eigenvalue weighted by Crippen LogP contribution is 2.20. The number of hydrogen-bond acceptors (Lipinski definition) is 4. The van der Waals surface area contributed by atoms with Crippen LogP contribution in [0.5, 0.6) is 0 Å². The standard InChI is InChI=1S/C20H23ClN4O3/c1-3-25(4-2)20(28)13-5-8-15(9-6-13)24-18(26)12-23-17-10-7-14(21)11-16(17)19(22)27/h5-11,23H,3-4,12H2,1-2H3,(H2,22,27)(H,24,26). The summed E-state index contributed by atoms with van der Waals surface area (Å²) in [6.07, 6.45) is 0. The van der Waals surface area contributed by atoms with E-state index in [1.54, 1.807) is 41.3 Å². The van der Waals surface area contributed by atoms with Crippen molar-refractivity contribution in [1.29, 1.82) is 0 Å². The Bertz CT molecular complexity index is 864. The molecule has 28 heavy (non-hydrogen) atoms. The molecule has 0 fully saturated rings. The minimum Gasteiger partial charge on any atom is -0.375 e. The SMILES string of the molecule is CCN(CC)C(=O)c1ccc(NC(=O)CNc2ccc(Cl)cc2C(N)=O)cc1. The van der Waals surface area contributed by atoms with Gasteiger partial charge in [0, 0.05) is 35.1 Å². The number of nitrogens with zero attached hydrogens (tertiary/aromatic N) is 1. The van der Waals surface area contributed by atoms with Crippen LogP contribution in [0.25, 0.3) is 0 Å². The molecule has 0 saturated carbocycles. The molecule has 0 unspecified atom stereocenters. The number of nitrogens with two attached hydrogens (primary N) is 1. The minimum atomic E-state index is -0.640. The lowest BCUT2D eigenvalue weighted by molar-refractivity contribution is -0.114. The number of hydrogen-bond donors (Lipinski definition) is 3. The molecule has 4 N–H and O–H groups in total. The van der Waals surface area contributed by atoms with Gasteiger partial charge in [0.2, 0.25) is 5.91 Å². The van der Waals surface area contributed by atoms with Crippen LogP contribution < -0.4 is 16.4 Å². The average Bonchev–Trinajstić information content (AvgIpc) is 2.68. The van der Waals surface area contributed by atoms with Gasteiger partial charge in [-0.25, -0.2) is 0 Å². The summed E-state index contributed by atoms with van der Waals surface area (Å²) >= 11 is 5.86. The summed E-state index contributed by atoms with van der Waals surface area (Å²) in [7, 11) is 0. The molecule has 0 aliphatic rings. The van der Waals surface area contributed by atoms with E-state index in [1.165, 1.54) is 6.07 Å². The van der Waals surface area contributed by atoms with E-state index >= 15 is 0 Å². The number of primary amides is 1. The molecular weight excluding hydrogens is 380 g/mol. The third-order valence-electron chi connectivity index (χ3n) is 4.15. The molecule has 2 rings (SSSR count). The first kappa shape index (κ1) is 21.2. The van der Waals surface area contributed by atoms with E-state index in [-0.39, 0.29) is 23.9 Å². The van der Waals surface area contributed by atoms with Gasteiger partial charge >= 0.3 is 0 Å². The van der Waals surface area contributed by atoms with Crippen LogP contribution in [-0.4, -0.2) is 42.3 Å². The number of carbonyl (C=O) groups excluding carboxylic acids is 3. The Kier molecular flexibility index (Phi) is 7.40. The van der Waals surface area contributed by atoms with Gasteiger partial charge in [0.25, 0.3) is 11.8 Å². The van der Waals surface area contributed by atoms with E-state index in [0.717, 1.165) is 0 Å². The first-order valence-corrected chi connectivity index (χ1v) is 9.25. The maximum atomic E-state index is 12.3. The smallest absolute Gasteiger partial charge is 0.253 e. The quantitative estimate of drug-likeness (QED) is 0.631. The van der Waals surface area contributed by atoms with Crippen LogP contribution in [0, 0.1) is 0 Å². The third-order valence-corrected chi connectivity index (χ3v) is 4.39. The fourth-order valence-corrected chi connectivity index (χ4v) is 2.82. The van der Waals surface area contributed by atoms with Gasteiger partial charge in [-0.3, -0.25) is 14.4 Å². The van der Waals surface area contributed by atoms with Crippen LogP contribution in [0.15, 0.2) is 42.5 Å². The molecule has 0 bridgehead atoms. The Labute approximate surface area is 168 Å². The first-order valence-electron chi connectivity index (χ1n) is 8.88. The highest BCUT2D eigenvalue weighted by Gasteiger charge is 2.13. The van der Waals surface area contributed by atoms with Gasteiger partial charge in [0.1, 0.15) is 0 Å². The van der Waals surface area contributed by atoms with Gasteiger partial charge in [-0.2, -0.15) is 0 Å². The molecule has 0 aliphatic heterocycles. The summed E-state index contributed by atoms with van der Waals surface area (Å²) in [5, 5.41) is 5.97. The van der Waals surface area contributed by atoms with Crippen molar-refractivity contribution in [2.45, 2.75) is 13.8 Å². The average molecular weight is 403 g/mol. The van der Waals surface area contributed by atoms with Crippen LogP contribution in [0.2, 0.25) is 5.02 Å². The minimum absolute atomic E-state index is 0.0498. The Morgan fingerprint density at radius 3 is 2.25 bits per heavy atom. The zero-order valence-electron chi connectivity index (χ0n) is 15.8. The van der Waals surface area contributed by atoms with E-state index < -0.39 is 5.91 Å². The van der Waals surface area contributed by atoms with Crippen LogP contribution in [0.3, 0.4) is 0 Å². The lowest BCUT2D eigenvalue weighted by Crippen LogP contribution is -2.30. The molecule has 8 heteroatoms. The molecule has 0 radical (unpaired) electrons. The molecule has 2 aromatic rings. The normalized spacial score (nSPS) is 10.2. The Morgan fingerprint density at radius 2 is 1.68 bits per heavy atom. The number of anilines is 2. The van der Waals surface area contributed by atoms with Crippen molar-refractivity contribution in [2.24, 2.45) is 5.73 Å². The first-order chi connectivity index (χ1) is 13.3. The fraction of sp³-hybridized carbons (Fsp3) is 0.250. The summed E-state index contributed by atoms with van der Waals surface area (Å²) in [5.41, 5.74) is 7.08. The number of halogens is 1. The number of carbonyl (C=O) groups is 3. The van der Waals surface area contributed by atoms with Gasteiger partial charge in [-0.1, -0.05) is 11.6 Å². The van der Waals surface area contributed by atoms with Crippen molar-refractivity contribution in [1.82, 2.24) is 4.90 Å². The summed E-state index contributed by atoms with van der Waals surface area (Å²) in [6.45, 7) is 5.05. The second-order valence-corrected chi connectivity index (χ2v) is 6.45.